The molecule has 0 amide bonds. The minimum absolute atomic E-state index is 0.153. The van der Waals surface area contributed by atoms with Crippen molar-refractivity contribution in [2.24, 2.45) is 0 Å². The summed E-state index contributed by atoms with van der Waals surface area (Å²) in [5.41, 5.74) is 1.52. The van der Waals surface area contributed by atoms with Crippen LogP contribution >= 0.6 is 0 Å². The normalized spacial score (nSPS) is 12.3. The van der Waals surface area contributed by atoms with Gasteiger partial charge in [-0.05, 0) is 25.1 Å². The van der Waals surface area contributed by atoms with Crippen LogP contribution in [0.4, 0.5) is 4.39 Å². The van der Waals surface area contributed by atoms with E-state index in [9.17, 15) is 4.39 Å². The highest BCUT2D eigenvalue weighted by molar-refractivity contribution is 5.20. The van der Waals surface area contributed by atoms with E-state index in [-0.39, 0.29) is 11.9 Å². The zero-order valence-corrected chi connectivity index (χ0v) is 10.2. The van der Waals surface area contributed by atoms with Crippen molar-refractivity contribution in [1.29, 1.82) is 0 Å². The Labute approximate surface area is 105 Å². The molecule has 0 saturated heterocycles. The van der Waals surface area contributed by atoms with Crippen LogP contribution in [0.2, 0.25) is 0 Å². The average molecular weight is 246 g/mol. The summed E-state index contributed by atoms with van der Waals surface area (Å²) >= 11 is 0. The first-order valence-electron chi connectivity index (χ1n) is 5.92. The van der Waals surface area contributed by atoms with Gasteiger partial charge in [0, 0.05) is 12.4 Å². The summed E-state index contributed by atoms with van der Waals surface area (Å²) in [5, 5.41) is 3.33. The molecule has 1 unspecified atom stereocenters. The van der Waals surface area contributed by atoms with Crippen LogP contribution in [0.5, 0.6) is 0 Å². The van der Waals surface area contributed by atoms with Crippen LogP contribution in [0.15, 0.2) is 36.9 Å². The Hall–Kier alpha value is -1.88. The van der Waals surface area contributed by atoms with Crippen molar-refractivity contribution in [2.75, 3.05) is 6.54 Å². The van der Waals surface area contributed by atoms with Crippen LogP contribution in [0.25, 0.3) is 0 Å². The van der Waals surface area contributed by atoms with Crippen LogP contribution in [0, 0.1) is 5.82 Å². The minimum Gasteiger partial charge on any atom is -0.304 e. The Kier molecular flexibility index (Phi) is 4.30. The number of aromatic nitrogens is 3. The molecule has 2 aromatic rings. The summed E-state index contributed by atoms with van der Waals surface area (Å²) in [5.74, 6) is -0.341. The molecule has 2 rings (SSSR count). The second-order valence-corrected chi connectivity index (χ2v) is 3.92. The van der Waals surface area contributed by atoms with Gasteiger partial charge in [-0.15, -0.1) is 0 Å². The molecule has 1 atom stereocenters. The molecule has 0 aliphatic rings. The molecule has 94 valence electrons. The fraction of sp³-hybridized carbons (Fsp3) is 0.308. The van der Waals surface area contributed by atoms with E-state index in [1.165, 1.54) is 12.3 Å². The van der Waals surface area contributed by atoms with Crippen LogP contribution < -0.4 is 5.32 Å². The van der Waals surface area contributed by atoms with Gasteiger partial charge < -0.3 is 5.32 Å². The lowest BCUT2D eigenvalue weighted by Crippen LogP contribution is -2.25. The van der Waals surface area contributed by atoms with E-state index in [2.05, 4.69) is 27.2 Å². The number of hydrogen-bond acceptors (Lipinski definition) is 4. The number of pyridine rings is 1. The fourth-order valence-corrected chi connectivity index (χ4v) is 1.67. The van der Waals surface area contributed by atoms with E-state index in [0.717, 1.165) is 24.4 Å². The lowest BCUT2D eigenvalue weighted by molar-refractivity contribution is 0.565. The Morgan fingerprint density at radius 2 is 2.06 bits per heavy atom. The molecule has 5 heteroatoms. The maximum absolute atomic E-state index is 12.9. The Morgan fingerprint density at radius 1 is 1.17 bits per heavy atom. The molecule has 0 fully saturated rings. The molecule has 0 aliphatic heterocycles. The van der Waals surface area contributed by atoms with Crippen molar-refractivity contribution in [1.82, 2.24) is 20.3 Å². The molecule has 1 N–H and O–H groups in total. The maximum Gasteiger partial charge on any atom is 0.141 e. The summed E-state index contributed by atoms with van der Waals surface area (Å²) in [6.07, 6.45) is 7.17. The van der Waals surface area contributed by atoms with E-state index in [1.807, 2.05) is 0 Å². The highest BCUT2D eigenvalue weighted by atomic mass is 19.1. The number of nitrogens with one attached hydrogen (secondary N) is 1. The van der Waals surface area contributed by atoms with Gasteiger partial charge in [-0.1, -0.05) is 6.92 Å². The van der Waals surface area contributed by atoms with Gasteiger partial charge in [0.05, 0.1) is 29.8 Å². The minimum atomic E-state index is -0.341. The molecule has 0 spiro atoms. The van der Waals surface area contributed by atoms with Crippen molar-refractivity contribution in [2.45, 2.75) is 19.4 Å². The van der Waals surface area contributed by atoms with Crippen LogP contribution in [0.1, 0.15) is 30.8 Å². The molecule has 2 aromatic heterocycles. The van der Waals surface area contributed by atoms with E-state index in [4.69, 9.17) is 0 Å². The second-order valence-electron chi connectivity index (χ2n) is 3.92. The van der Waals surface area contributed by atoms with Crippen molar-refractivity contribution in [3.63, 3.8) is 0 Å². The van der Waals surface area contributed by atoms with E-state index in [1.54, 1.807) is 24.7 Å². The second kappa shape index (κ2) is 6.16. The Bertz CT molecular complexity index is 472. The van der Waals surface area contributed by atoms with E-state index >= 15 is 0 Å². The third kappa shape index (κ3) is 3.07. The third-order valence-electron chi connectivity index (χ3n) is 2.52. The molecule has 0 bridgehead atoms. The van der Waals surface area contributed by atoms with E-state index < -0.39 is 0 Å². The van der Waals surface area contributed by atoms with Gasteiger partial charge in [-0.3, -0.25) is 15.0 Å². The Morgan fingerprint density at radius 3 is 2.67 bits per heavy atom. The predicted octanol–water partition coefficient (Wildman–Crippen LogP) is 2.10. The molecule has 0 saturated carbocycles. The van der Waals surface area contributed by atoms with Crippen molar-refractivity contribution < 1.29 is 4.39 Å². The van der Waals surface area contributed by atoms with Gasteiger partial charge in [-0.25, -0.2) is 4.39 Å². The highest BCUT2D eigenvalue weighted by Gasteiger charge is 2.16. The highest BCUT2D eigenvalue weighted by Crippen LogP contribution is 2.17. The average Bonchev–Trinajstić information content (AvgIpc) is 2.42. The standard InChI is InChI=1S/C13H15FN4/c1-2-5-17-13(12-9-15-6-7-16-12)11-4-3-10(14)8-18-11/h3-4,6-9,13,17H,2,5H2,1H3. The van der Waals surface area contributed by atoms with Gasteiger partial charge in [0.2, 0.25) is 0 Å². The maximum atomic E-state index is 12.9. The van der Waals surface area contributed by atoms with Crippen LogP contribution in [-0.4, -0.2) is 21.5 Å². The van der Waals surface area contributed by atoms with Crippen molar-refractivity contribution in [3.05, 3.63) is 54.1 Å². The van der Waals surface area contributed by atoms with Crippen LogP contribution in [-0.2, 0) is 0 Å². The summed E-state index contributed by atoms with van der Waals surface area (Å²) in [4.78, 5) is 12.4. The molecule has 0 aliphatic carbocycles. The zero-order valence-electron chi connectivity index (χ0n) is 10.2. The van der Waals surface area contributed by atoms with Gasteiger partial charge in [0.25, 0.3) is 0 Å². The number of halogens is 1. The molecule has 18 heavy (non-hydrogen) atoms. The van der Waals surface area contributed by atoms with Gasteiger partial charge in [0.1, 0.15) is 5.82 Å². The topological polar surface area (TPSA) is 50.7 Å². The largest absolute Gasteiger partial charge is 0.304 e. The summed E-state index contributed by atoms with van der Waals surface area (Å²) in [6, 6.07) is 2.91. The molecular weight excluding hydrogens is 231 g/mol. The van der Waals surface area contributed by atoms with Gasteiger partial charge in [0.15, 0.2) is 0 Å². The summed E-state index contributed by atoms with van der Waals surface area (Å²) in [6.45, 7) is 2.92. The van der Waals surface area contributed by atoms with Crippen molar-refractivity contribution in [3.8, 4) is 0 Å². The van der Waals surface area contributed by atoms with E-state index in [0.29, 0.717) is 0 Å². The molecule has 0 aromatic carbocycles. The summed E-state index contributed by atoms with van der Waals surface area (Å²) in [7, 11) is 0. The quantitative estimate of drug-likeness (QED) is 0.877. The molecular formula is C13H15FN4. The lowest BCUT2D eigenvalue weighted by atomic mass is 10.1. The number of hydrogen-bond donors (Lipinski definition) is 1. The predicted molar refractivity (Wildman–Crippen MR) is 66.4 cm³/mol. The van der Waals surface area contributed by atoms with Gasteiger partial charge >= 0.3 is 0 Å². The lowest BCUT2D eigenvalue weighted by Gasteiger charge is -2.16. The first-order chi connectivity index (χ1) is 8.81. The third-order valence-corrected chi connectivity index (χ3v) is 2.52. The van der Waals surface area contributed by atoms with Crippen LogP contribution in [0.3, 0.4) is 0 Å². The van der Waals surface area contributed by atoms with Crippen molar-refractivity contribution >= 4 is 0 Å². The Balaban J connectivity index is 2.27. The molecule has 2 heterocycles. The fourth-order valence-electron chi connectivity index (χ4n) is 1.67. The number of rotatable bonds is 5. The smallest absolute Gasteiger partial charge is 0.141 e. The number of nitrogens with zero attached hydrogens (tertiary/aromatic N) is 3. The molecule has 4 nitrogen and oxygen atoms in total. The molecule has 0 radical (unpaired) electrons. The van der Waals surface area contributed by atoms with Gasteiger partial charge in [-0.2, -0.15) is 0 Å². The monoisotopic (exact) mass is 246 g/mol. The first kappa shape index (κ1) is 12.6. The zero-order chi connectivity index (χ0) is 12.8. The SMILES string of the molecule is CCCNC(c1ccc(F)cn1)c1cnccn1. The first-order valence-corrected chi connectivity index (χ1v) is 5.92. The summed E-state index contributed by atoms with van der Waals surface area (Å²) < 4.78 is 12.9.